The van der Waals surface area contributed by atoms with Crippen molar-refractivity contribution in [1.82, 2.24) is 0 Å². The summed E-state index contributed by atoms with van der Waals surface area (Å²) in [5, 5.41) is 10.8. The Morgan fingerprint density at radius 2 is 2.45 bits per heavy atom. The van der Waals surface area contributed by atoms with Crippen LogP contribution in [0.2, 0.25) is 5.02 Å². The molecule has 1 N–H and O–H groups in total. The van der Waals surface area contributed by atoms with E-state index in [9.17, 15) is 5.11 Å². The molecule has 4 heteroatoms. The van der Waals surface area contributed by atoms with Gasteiger partial charge in [0, 0.05) is 6.07 Å². The van der Waals surface area contributed by atoms with Crippen LogP contribution in [0, 0.1) is 0 Å². The smallest absolute Gasteiger partial charge is 0.284 e. The predicted octanol–water partition coefficient (Wildman–Crippen LogP) is 1.44. The Labute approximate surface area is 73.8 Å². The minimum Gasteiger partial charge on any atom is -0.501 e. The Bertz CT molecular complexity index is 303. The fourth-order valence-corrected chi connectivity index (χ4v) is 2.36. The average molecular weight is 189 g/mol. The predicted molar refractivity (Wildman–Crippen MR) is 44.0 cm³/mol. The van der Waals surface area contributed by atoms with E-state index in [1.807, 2.05) is 10.8 Å². The third kappa shape index (κ3) is 1.08. The molecule has 0 atom stereocenters. The van der Waals surface area contributed by atoms with Gasteiger partial charge in [-0.2, -0.15) is 4.57 Å². The molecule has 0 fully saturated rings. The molecule has 2 rings (SSSR count). The molecule has 0 spiro atoms. The van der Waals surface area contributed by atoms with Gasteiger partial charge in [-0.15, -0.1) is 0 Å². The van der Waals surface area contributed by atoms with Crippen molar-refractivity contribution in [1.29, 1.82) is 0 Å². The summed E-state index contributed by atoms with van der Waals surface area (Å²) in [5.41, 5.74) is 0. The maximum atomic E-state index is 9.44. The monoisotopic (exact) mass is 188 g/mol. The molecule has 0 saturated heterocycles. The number of nitrogens with zero attached hydrogens (tertiary/aromatic N) is 1. The number of hydrogen-bond acceptors (Lipinski definition) is 2. The van der Waals surface area contributed by atoms with E-state index in [4.69, 9.17) is 11.6 Å². The van der Waals surface area contributed by atoms with Gasteiger partial charge in [0.15, 0.2) is 12.7 Å². The lowest BCUT2D eigenvalue weighted by Gasteiger charge is -1.95. The molecule has 0 unspecified atom stereocenters. The van der Waals surface area contributed by atoms with Crippen LogP contribution in [0.5, 0.6) is 5.75 Å². The van der Waals surface area contributed by atoms with Gasteiger partial charge in [0.05, 0.1) is 10.8 Å². The first kappa shape index (κ1) is 7.25. The molecular weight excluding hydrogens is 182 g/mol. The van der Waals surface area contributed by atoms with E-state index in [1.165, 1.54) is 0 Å². The molecule has 1 aliphatic rings. The van der Waals surface area contributed by atoms with E-state index in [2.05, 4.69) is 0 Å². The molecule has 1 aromatic rings. The van der Waals surface area contributed by atoms with Gasteiger partial charge in [-0.05, 0) is 11.8 Å². The SMILES string of the molecule is Oc1c(Cl)cc[n+]2c1SCC2. The van der Waals surface area contributed by atoms with Crippen molar-refractivity contribution < 1.29 is 9.67 Å². The summed E-state index contributed by atoms with van der Waals surface area (Å²) >= 11 is 7.35. The minimum atomic E-state index is 0.219. The minimum absolute atomic E-state index is 0.219. The Kier molecular flexibility index (Phi) is 1.69. The molecule has 11 heavy (non-hydrogen) atoms. The first-order valence-corrected chi connectivity index (χ1v) is 4.69. The summed E-state index contributed by atoms with van der Waals surface area (Å²) in [6, 6.07) is 1.71. The molecule has 1 aromatic heterocycles. The van der Waals surface area contributed by atoms with Crippen molar-refractivity contribution in [2.45, 2.75) is 11.6 Å². The van der Waals surface area contributed by atoms with Crippen molar-refractivity contribution in [3.05, 3.63) is 17.3 Å². The standard InChI is InChI=1S/C7H6ClNOS/c8-5-1-2-9-3-4-11-7(9)6(5)10/h1-2H,3-4H2/p+1. The number of halogens is 1. The van der Waals surface area contributed by atoms with E-state index in [0.29, 0.717) is 5.02 Å². The number of fused-ring (bicyclic) bond motifs is 1. The molecule has 0 saturated carbocycles. The molecule has 2 nitrogen and oxygen atoms in total. The van der Waals surface area contributed by atoms with Crippen molar-refractivity contribution in [3.63, 3.8) is 0 Å². The summed E-state index contributed by atoms with van der Waals surface area (Å²) in [6.07, 6.45) is 1.90. The first-order valence-electron chi connectivity index (χ1n) is 3.33. The van der Waals surface area contributed by atoms with Gasteiger partial charge in [0.2, 0.25) is 5.75 Å². The quantitative estimate of drug-likeness (QED) is 0.623. The van der Waals surface area contributed by atoms with Gasteiger partial charge >= 0.3 is 0 Å². The highest BCUT2D eigenvalue weighted by atomic mass is 35.5. The Balaban J connectivity index is 2.62. The van der Waals surface area contributed by atoms with Crippen LogP contribution in [0.1, 0.15) is 0 Å². The van der Waals surface area contributed by atoms with Gasteiger partial charge in [0.25, 0.3) is 5.03 Å². The van der Waals surface area contributed by atoms with E-state index in [-0.39, 0.29) is 5.75 Å². The third-order valence-corrected chi connectivity index (χ3v) is 3.05. The summed E-state index contributed by atoms with van der Waals surface area (Å²) in [4.78, 5) is 0. The highest BCUT2D eigenvalue weighted by Crippen LogP contribution is 2.33. The molecule has 1 aliphatic heterocycles. The van der Waals surface area contributed by atoms with Crippen LogP contribution in [0.4, 0.5) is 0 Å². The highest BCUT2D eigenvalue weighted by molar-refractivity contribution is 7.99. The molecule has 0 amide bonds. The molecule has 0 aliphatic carbocycles. The zero-order valence-corrected chi connectivity index (χ0v) is 7.32. The largest absolute Gasteiger partial charge is 0.501 e. The van der Waals surface area contributed by atoms with E-state index in [0.717, 1.165) is 17.3 Å². The van der Waals surface area contributed by atoms with Gasteiger partial charge in [-0.25, -0.2) is 0 Å². The number of pyridine rings is 1. The van der Waals surface area contributed by atoms with Crippen molar-refractivity contribution in [2.75, 3.05) is 5.75 Å². The molecule has 58 valence electrons. The maximum Gasteiger partial charge on any atom is 0.284 e. The zero-order valence-electron chi connectivity index (χ0n) is 5.75. The lowest BCUT2D eigenvalue weighted by atomic mass is 10.4. The molecule has 2 heterocycles. The number of aryl methyl sites for hydroxylation is 1. The van der Waals surface area contributed by atoms with Gasteiger partial charge < -0.3 is 5.11 Å². The normalized spacial score (nSPS) is 15.0. The van der Waals surface area contributed by atoms with Crippen molar-refractivity contribution in [2.24, 2.45) is 0 Å². The fourth-order valence-electron chi connectivity index (χ4n) is 1.11. The van der Waals surface area contributed by atoms with Gasteiger partial charge in [-0.1, -0.05) is 11.6 Å². The lowest BCUT2D eigenvalue weighted by molar-refractivity contribution is -0.723. The van der Waals surface area contributed by atoms with Crippen LogP contribution in [-0.2, 0) is 6.54 Å². The highest BCUT2D eigenvalue weighted by Gasteiger charge is 2.25. The molecule has 0 radical (unpaired) electrons. The maximum absolute atomic E-state index is 9.44. The first-order chi connectivity index (χ1) is 5.29. The van der Waals surface area contributed by atoms with E-state index >= 15 is 0 Å². The summed E-state index contributed by atoms with van der Waals surface area (Å²) in [5.74, 6) is 1.24. The Hall–Kier alpha value is -0.410. The van der Waals surface area contributed by atoms with Crippen LogP contribution in [0.15, 0.2) is 17.3 Å². The second kappa shape index (κ2) is 2.57. The number of rotatable bonds is 0. The average Bonchev–Trinajstić information content (AvgIpc) is 2.45. The van der Waals surface area contributed by atoms with E-state index < -0.39 is 0 Å². The summed E-state index contributed by atoms with van der Waals surface area (Å²) in [7, 11) is 0. The van der Waals surface area contributed by atoms with Gasteiger partial charge in [-0.3, -0.25) is 0 Å². The van der Waals surface area contributed by atoms with Crippen LogP contribution in [-0.4, -0.2) is 10.9 Å². The summed E-state index contributed by atoms with van der Waals surface area (Å²) in [6.45, 7) is 0.963. The number of hydrogen-bond donors (Lipinski definition) is 1. The van der Waals surface area contributed by atoms with Crippen LogP contribution in [0.25, 0.3) is 0 Å². The third-order valence-electron chi connectivity index (χ3n) is 1.66. The number of aromatic nitrogens is 1. The second-order valence-electron chi connectivity index (χ2n) is 2.36. The molecule has 0 bridgehead atoms. The van der Waals surface area contributed by atoms with Crippen molar-refractivity contribution >= 4 is 23.4 Å². The summed E-state index contributed by atoms with van der Waals surface area (Å²) < 4.78 is 2.01. The zero-order chi connectivity index (χ0) is 7.84. The Morgan fingerprint density at radius 1 is 1.64 bits per heavy atom. The van der Waals surface area contributed by atoms with Crippen LogP contribution < -0.4 is 4.57 Å². The van der Waals surface area contributed by atoms with Gasteiger partial charge in [0.1, 0.15) is 0 Å². The lowest BCUT2D eigenvalue weighted by Crippen LogP contribution is -2.31. The molecular formula is C7H7ClNOS+. The fraction of sp³-hybridized carbons (Fsp3) is 0.286. The number of aromatic hydroxyl groups is 1. The van der Waals surface area contributed by atoms with Crippen LogP contribution in [0.3, 0.4) is 0 Å². The molecule has 0 aromatic carbocycles. The van der Waals surface area contributed by atoms with Crippen molar-refractivity contribution in [3.8, 4) is 5.75 Å². The second-order valence-corrected chi connectivity index (χ2v) is 3.85. The van der Waals surface area contributed by atoms with E-state index in [1.54, 1.807) is 17.8 Å². The van der Waals surface area contributed by atoms with Crippen LogP contribution >= 0.6 is 23.4 Å². The Morgan fingerprint density at radius 3 is 3.27 bits per heavy atom. The number of thioether (sulfide) groups is 1. The topological polar surface area (TPSA) is 24.1 Å².